The van der Waals surface area contributed by atoms with E-state index in [1.807, 2.05) is 13.0 Å². The summed E-state index contributed by atoms with van der Waals surface area (Å²) in [5.41, 5.74) is 2.83. The van der Waals surface area contributed by atoms with Gasteiger partial charge in [-0.3, -0.25) is 9.59 Å². The van der Waals surface area contributed by atoms with Gasteiger partial charge in [-0.2, -0.15) is 0 Å². The SMILES string of the molecule is CNC(=O)c1c(C)cccc1NC(=O)c1cccc(OCc2ccc(F)cc2)c1. The zero-order valence-electron chi connectivity index (χ0n) is 16.2. The molecule has 0 saturated heterocycles. The maximum Gasteiger partial charge on any atom is 0.255 e. The summed E-state index contributed by atoms with van der Waals surface area (Å²) in [7, 11) is 1.54. The Hall–Kier alpha value is -3.67. The van der Waals surface area contributed by atoms with Crippen molar-refractivity contribution in [2.75, 3.05) is 12.4 Å². The topological polar surface area (TPSA) is 67.4 Å². The molecule has 2 amide bonds. The summed E-state index contributed by atoms with van der Waals surface area (Å²) < 4.78 is 18.7. The van der Waals surface area contributed by atoms with E-state index < -0.39 is 0 Å². The van der Waals surface area contributed by atoms with Gasteiger partial charge in [-0.25, -0.2) is 4.39 Å². The fraction of sp³-hybridized carbons (Fsp3) is 0.130. The normalized spacial score (nSPS) is 10.3. The molecule has 0 unspecified atom stereocenters. The summed E-state index contributed by atoms with van der Waals surface area (Å²) in [6.07, 6.45) is 0. The van der Waals surface area contributed by atoms with Crippen molar-refractivity contribution in [2.24, 2.45) is 0 Å². The second-order valence-electron chi connectivity index (χ2n) is 6.47. The zero-order valence-corrected chi connectivity index (χ0v) is 16.2. The van der Waals surface area contributed by atoms with Crippen LogP contribution in [0.4, 0.5) is 10.1 Å². The molecular weight excluding hydrogens is 371 g/mol. The van der Waals surface area contributed by atoms with Gasteiger partial charge in [0.25, 0.3) is 11.8 Å². The maximum atomic E-state index is 13.0. The number of benzene rings is 3. The second-order valence-corrected chi connectivity index (χ2v) is 6.47. The highest BCUT2D eigenvalue weighted by atomic mass is 19.1. The van der Waals surface area contributed by atoms with Crippen molar-refractivity contribution >= 4 is 17.5 Å². The van der Waals surface area contributed by atoms with Crippen LogP contribution in [-0.2, 0) is 6.61 Å². The molecule has 2 N–H and O–H groups in total. The number of nitrogens with one attached hydrogen (secondary N) is 2. The monoisotopic (exact) mass is 392 g/mol. The zero-order chi connectivity index (χ0) is 20.8. The van der Waals surface area contributed by atoms with Crippen LogP contribution in [-0.4, -0.2) is 18.9 Å². The van der Waals surface area contributed by atoms with E-state index in [2.05, 4.69) is 10.6 Å². The highest BCUT2D eigenvalue weighted by molar-refractivity contribution is 6.09. The Morgan fingerprint density at radius 3 is 2.41 bits per heavy atom. The van der Waals surface area contributed by atoms with Crippen LogP contribution in [0.15, 0.2) is 66.7 Å². The molecule has 0 aromatic heterocycles. The minimum absolute atomic E-state index is 0.254. The van der Waals surface area contributed by atoms with Crippen molar-refractivity contribution in [1.82, 2.24) is 5.32 Å². The Balaban J connectivity index is 1.74. The quantitative estimate of drug-likeness (QED) is 0.656. The number of hydrogen-bond donors (Lipinski definition) is 2. The minimum atomic E-state index is -0.354. The van der Waals surface area contributed by atoms with Crippen molar-refractivity contribution in [3.63, 3.8) is 0 Å². The van der Waals surface area contributed by atoms with Crippen LogP contribution >= 0.6 is 0 Å². The van der Waals surface area contributed by atoms with E-state index >= 15 is 0 Å². The van der Waals surface area contributed by atoms with Gasteiger partial charge in [0.1, 0.15) is 18.2 Å². The number of carbonyl (C=O) groups is 2. The highest BCUT2D eigenvalue weighted by Gasteiger charge is 2.16. The smallest absolute Gasteiger partial charge is 0.255 e. The molecule has 5 nitrogen and oxygen atoms in total. The van der Waals surface area contributed by atoms with E-state index in [4.69, 9.17) is 4.74 Å². The van der Waals surface area contributed by atoms with E-state index in [0.717, 1.165) is 11.1 Å². The van der Waals surface area contributed by atoms with Gasteiger partial charge in [0, 0.05) is 12.6 Å². The van der Waals surface area contributed by atoms with Crippen LogP contribution in [0.3, 0.4) is 0 Å². The first kappa shape index (κ1) is 20.1. The van der Waals surface area contributed by atoms with E-state index in [-0.39, 0.29) is 24.2 Å². The summed E-state index contributed by atoms with van der Waals surface area (Å²) >= 11 is 0. The molecule has 3 aromatic rings. The largest absolute Gasteiger partial charge is 0.489 e. The molecule has 0 fully saturated rings. The van der Waals surface area contributed by atoms with Gasteiger partial charge >= 0.3 is 0 Å². The fourth-order valence-corrected chi connectivity index (χ4v) is 2.87. The molecule has 0 saturated carbocycles. The molecule has 6 heteroatoms. The summed E-state index contributed by atoms with van der Waals surface area (Å²) in [5.74, 6) is -0.416. The van der Waals surface area contributed by atoms with Gasteiger partial charge in [-0.1, -0.05) is 30.3 Å². The van der Waals surface area contributed by atoms with Gasteiger partial charge in [0.2, 0.25) is 0 Å². The number of rotatable bonds is 6. The lowest BCUT2D eigenvalue weighted by atomic mass is 10.1. The third-order valence-electron chi connectivity index (χ3n) is 4.39. The number of aryl methyl sites for hydroxylation is 1. The molecule has 0 spiro atoms. The van der Waals surface area contributed by atoms with Crippen molar-refractivity contribution in [1.29, 1.82) is 0 Å². The van der Waals surface area contributed by atoms with Gasteiger partial charge in [-0.05, 0) is 54.4 Å². The molecular formula is C23H21FN2O3. The third kappa shape index (κ3) is 4.99. The first-order chi connectivity index (χ1) is 14.0. The first-order valence-corrected chi connectivity index (χ1v) is 9.08. The van der Waals surface area contributed by atoms with Crippen molar-refractivity contribution in [3.05, 3.63) is 94.8 Å². The van der Waals surface area contributed by atoms with E-state index in [1.54, 1.807) is 55.6 Å². The lowest BCUT2D eigenvalue weighted by molar-refractivity contribution is 0.0963. The van der Waals surface area contributed by atoms with Crippen LogP contribution < -0.4 is 15.4 Å². The van der Waals surface area contributed by atoms with Crippen LogP contribution in [0.1, 0.15) is 31.8 Å². The highest BCUT2D eigenvalue weighted by Crippen LogP contribution is 2.22. The number of amides is 2. The Labute approximate surface area is 168 Å². The van der Waals surface area contributed by atoms with Crippen molar-refractivity contribution < 1.29 is 18.7 Å². The first-order valence-electron chi connectivity index (χ1n) is 9.08. The Morgan fingerprint density at radius 1 is 0.966 bits per heavy atom. The Kier molecular flexibility index (Phi) is 6.24. The number of hydrogen-bond acceptors (Lipinski definition) is 3. The molecule has 3 rings (SSSR count). The van der Waals surface area contributed by atoms with Gasteiger partial charge in [0.05, 0.1) is 11.3 Å². The lowest BCUT2D eigenvalue weighted by Crippen LogP contribution is -2.22. The molecule has 0 aliphatic carbocycles. The average Bonchev–Trinajstić information content (AvgIpc) is 2.73. The number of anilines is 1. The summed E-state index contributed by atoms with van der Waals surface area (Å²) in [5, 5.41) is 5.38. The van der Waals surface area contributed by atoms with Crippen molar-refractivity contribution in [2.45, 2.75) is 13.5 Å². The summed E-state index contributed by atoms with van der Waals surface area (Å²) in [6.45, 7) is 2.06. The fourth-order valence-electron chi connectivity index (χ4n) is 2.87. The Morgan fingerprint density at radius 2 is 1.69 bits per heavy atom. The van der Waals surface area contributed by atoms with Gasteiger partial charge < -0.3 is 15.4 Å². The predicted molar refractivity (Wildman–Crippen MR) is 110 cm³/mol. The standard InChI is InChI=1S/C23H21FN2O3/c1-15-5-3-8-20(21(15)23(28)25-2)26-22(27)17-6-4-7-19(13-17)29-14-16-9-11-18(24)12-10-16/h3-13H,14H2,1-2H3,(H,25,28)(H,26,27). The molecule has 0 radical (unpaired) electrons. The molecule has 0 aliphatic rings. The number of carbonyl (C=O) groups excluding carboxylic acids is 2. The average molecular weight is 392 g/mol. The molecule has 29 heavy (non-hydrogen) atoms. The molecule has 0 bridgehead atoms. The Bertz CT molecular complexity index is 1030. The van der Waals surface area contributed by atoms with Gasteiger partial charge in [-0.15, -0.1) is 0 Å². The molecule has 148 valence electrons. The van der Waals surface area contributed by atoms with Gasteiger partial charge in [0.15, 0.2) is 0 Å². The van der Waals surface area contributed by atoms with Crippen LogP contribution in [0.25, 0.3) is 0 Å². The third-order valence-corrected chi connectivity index (χ3v) is 4.39. The maximum absolute atomic E-state index is 13.0. The van der Waals surface area contributed by atoms with Crippen LogP contribution in [0, 0.1) is 12.7 Å². The van der Waals surface area contributed by atoms with Crippen LogP contribution in [0.5, 0.6) is 5.75 Å². The minimum Gasteiger partial charge on any atom is -0.489 e. The number of ether oxygens (including phenoxy) is 1. The summed E-state index contributed by atoms with van der Waals surface area (Å²) in [4.78, 5) is 24.9. The van der Waals surface area contributed by atoms with E-state index in [9.17, 15) is 14.0 Å². The molecule has 0 aliphatic heterocycles. The molecule has 0 atom stereocenters. The van der Waals surface area contributed by atoms with Crippen molar-refractivity contribution in [3.8, 4) is 5.75 Å². The second kappa shape index (κ2) is 9.01. The summed E-state index contributed by atoms with van der Waals surface area (Å²) in [6, 6.07) is 18.0. The molecule has 0 heterocycles. The van der Waals surface area contributed by atoms with E-state index in [0.29, 0.717) is 22.6 Å². The van der Waals surface area contributed by atoms with E-state index in [1.165, 1.54) is 12.1 Å². The lowest BCUT2D eigenvalue weighted by Gasteiger charge is -2.13. The van der Waals surface area contributed by atoms with Crippen LogP contribution in [0.2, 0.25) is 0 Å². The molecule has 3 aromatic carbocycles. The predicted octanol–water partition coefficient (Wildman–Crippen LogP) is 4.33. The number of halogens is 1.